The fraction of sp³-hybridized carbons (Fsp3) is 0.111. The number of hydrogen-bond donors (Lipinski definition) is 0. The molecule has 6 heteroatoms. The molecule has 5 aromatic rings. The lowest BCUT2D eigenvalue weighted by molar-refractivity contribution is 0.0983. The van der Waals surface area contributed by atoms with Crippen molar-refractivity contribution in [1.29, 1.82) is 0 Å². The van der Waals surface area contributed by atoms with Crippen LogP contribution in [0.15, 0.2) is 89.5 Å². The van der Waals surface area contributed by atoms with E-state index in [0.717, 1.165) is 16.0 Å². The van der Waals surface area contributed by atoms with Crippen molar-refractivity contribution in [2.45, 2.75) is 20.4 Å². The predicted octanol–water partition coefficient (Wildman–Crippen LogP) is 7.15. The van der Waals surface area contributed by atoms with Crippen molar-refractivity contribution in [3.05, 3.63) is 108 Å². The van der Waals surface area contributed by atoms with Crippen LogP contribution < -0.4 is 9.64 Å². The van der Waals surface area contributed by atoms with E-state index in [2.05, 4.69) is 26.0 Å². The topological polar surface area (TPSA) is 55.6 Å². The minimum atomic E-state index is -0.148. The summed E-state index contributed by atoms with van der Waals surface area (Å²) in [6, 6.07) is 24.6. The Balaban J connectivity index is 1.45. The van der Waals surface area contributed by atoms with E-state index in [-0.39, 0.29) is 5.91 Å². The maximum Gasteiger partial charge on any atom is 0.260 e. The summed E-state index contributed by atoms with van der Waals surface area (Å²) in [7, 11) is 0. The van der Waals surface area contributed by atoms with Gasteiger partial charge in [-0.15, -0.1) is 0 Å². The van der Waals surface area contributed by atoms with Crippen molar-refractivity contribution >= 4 is 32.6 Å². The first-order chi connectivity index (χ1) is 16.1. The molecule has 3 aromatic carbocycles. The van der Waals surface area contributed by atoms with Gasteiger partial charge in [-0.2, -0.15) is 0 Å². The van der Waals surface area contributed by atoms with E-state index in [0.29, 0.717) is 28.7 Å². The highest BCUT2D eigenvalue weighted by atomic mass is 32.1. The molecule has 33 heavy (non-hydrogen) atoms. The number of rotatable bonds is 6. The van der Waals surface area contributed by atoms with Crippen LogP contribution in [0, 0.1) is 13.8 Å². The number of anilines is 1. The lowest BCUT2D eigenvalue weighted by atomic mass is 10.1. The van der Waals surface area contributed by atoms with E-state index < -0.39 is 0 Å². The monoisotopic (exact) mass is 454 g/mol. The number of amides is 1. The molecule has 2 aromatic heterocycles. The van der Waals surface area contributed by atoms with Gasteiger partial charge in [-0.25, -0.2) is 4.98 Å². The standard InChI is InChI=1S/C27H22N2O3S/c1-18-15-24-25(16-19(18)2)33-27(28-24)29(17-23-9-6-14-31-23)26(30)20-10-12-22(13-11-20)32-21-7-4-3-5-8-21/h3-16H,17H2,1-2H3. The second-order valence-electron chi connectivity index (χ2n) is 7.81. The number of thiazole rings is 1. The molecule has 0 aliphatic carbocycles. The molecular formula is C27H22N2O3S. The molecule has 2 heterocycles. The Morgan fingerprint density at radius 3 is 2.39 bits per heavy atom. The molecule has 0 fully saturated rings. The van der Waals surface area contributed by atoms with E-state index in [1.807, 2.05) is 42.5 Å². The predicted molar refractivity (Wildman–Crippen MR) is 131 cm³/mol. The average Bonchev–Trinajstić information content (AvgIpc) is 3.48. The van der Waals surface area contributed by atoms with Gasteiger partial charge in [0.25, 0.3) is 5.91 Å². The number of benzene rings is 3. The van der Waals surface area contributed by atoms with Gasteiger partial charge in [0.05, 0.1) is 23.0 Å². The summed E-state index contributed by atoms with van der Waals surface area (Å²) < 4.78 is 12.4. The van der Waals surface area contributed by atoms with Crippen LogP contribution in [0.3, 0.4) is 0 Å². The number of fused-ring (bicyclic) bond motifs is 1. The SMILES string of the molecule is Cc1cc2nc(N(Cc3ccco3)C(=O)c3ccc(Oc4ccccc4)cc3)sc2cc1C. The first-order valence-electron chi connectivity index (χ1n) is 10.6. The second kappa shape index (κ2) is 8.92. The Morgan fingerprint density at radius 1 is 0.939 bits per heavy atom. The van der Waals surface area contributed by atoms with Gasteiger partial charge in [-0.3, -0.25) is 9.69 Å². The first-order valence-corrected chi connectivity index (χ1v) is 11.4. The fourth-order valence-corrected chi connectivity index (χ4v) is 4.56. The Labute approximate surface area is 195 Å². The van der Waals surface area contributed by atoms with E-state index in [4.69, 9.17) is 14.1 Å². The minimum absolute atomic E-state index is 0.148. The van der Waals surface area contributed by atoms with Crippen molar-refractivity contribution in [2.24, 2.45) is 0 Å². The summed E-state index contributed by atoms with van der Waals surface area (Å²) in [5.74, 6) is 1.96. The lowest BCUT2D eigenvalue weighted by Crippen LogP contribution is -2.30. The van der Waals surface area contributed by atoms with Gasteiger partial charge in [-0.1, -0.05) is 29.5 Å². The fourth-order valence-electron chi connectivity index (χ4n) is 3.51. The number of para-hydroxylation sites is 1. The highest BCUT2D eigenvalue weighted by Crippen LogP contribution is 2.33. The van der Waals surface area contributed by atoms with Crippen molar-refractivity contribution in [3.63, 3.8) is 0 Å². The third-order valence-electron chi connectivity index (χ3n) is 5.44. The normalized spacial score (nSPS) is 11.0. The smallest absolute Gasteiger partial charge is 0.260 e. The third kappa shape index (κ3) is 4.52. The average molecular weight is 455 g/mol. The molecule has 0 aliphatic heterocycles. The molecule has 1 amide bonds. The molecule has 0 spiro atoms. The highest BCUT2D eigenvalue weighted by Gasteiger charge is 2.23. The zero-order valence-corrected chi connectivity index (χ0v) is 19.1. The lowest BCUT2D eigenvalue weighted by Gasteiger charge is -2.19. The number of ether oxygens (including phenoxy) is 1. The number of aryl methyl sites for hydroxylation is 2. The van der Waals surface area contributed by atoms with Crippen LogP contribution in [-0.2, 0) is 6.54 Å². The van der Waals surface area contributed by atoms with Gasteiger partial charge < -0.3 is 9.15 Å². The number of aromatic nitrogens is 1. The number of nitrogens with zero attached hydrogens (tertiary/aromatic N) is 2. The molecule has 0 radical (unpaired) electrons. The first kappa shape index (κ1) is 21.0. The molecule has 0 saturated carbocycles. The molecule has 0 unspecified atom stereocenters. The van der Waals surface area contributed by atoms with Crippen molar-refractivity contribution in [2.75, 3.05) is 4.90 Å². The zero-order chi connectivity index (χ0) is 22.8. The Hall–Kier alpha value is -3.90. The van der Waals surface area contributed by atoms with Gasteiger partial charge in [0.15, 0.2) is 5.13 Å². The molecule has 0 saturated heterocycles. The van der Waals surface area contributed by atoms with Crippen molar-refractivity contribution < 1.29 is 13.9 Å². The summed E-state index contributed by atoms with van der Waals surface area (Å²) >= 11 is 1.51. The summed E-state index contributed by atoms with van der Waals surface area (Å²) in [6.45, 7) is 4.45. The quantitative estimate of drug-likeness (QED) is 0.273. The number of carbonyl (C=O) groups is 1. The summed E-state index contributed by atoms with van der Waals surface area (Å²) in [5.41, 5.74) is 3.82. The maximum atomic E-state index is 13.6. The van der Waals surface area contributed by atoms with Crippen LogP contribution in [0.25, 0.3) is 10.2 Å². The number of hydrogen-bond acceptors (Lipinski definition) is 5. The van der Waals surface area contributed by atoms with Crippen LogP contribution in [0.4, 0.5) is 5.13 Å². The number of furan rings is 1. The van der Waals surface area contributed by atoms with Gasteiger partial charge >= 0.3 is 0 Å². The molecule has 0 aliphatic rings. The Morgan fingerprint density at radius 2 is 1.67 bits per heavy atom. The Bertz CT molecular complexity index is 1350. The second-order valence-corrected chi connectivity index (χ2v) is 8.82. The summed E-state index contributed by atoms with van der Waals surface area (Å²) in [5, 5.41) is 0.640. The molecule has 0 N–H and O–H groups in total. The largest absolute Gasteiger partial charge is 0.467 e. The zero-order valence-electron chi connectivity index (χ0n) is 18.3. The van der Waals surface area contributed by atoms with Crippen LogP contribution in [0.2, 0.25) is 0 Å². The van der Waals surface area contributed by atoms with Crippen LogP contribution >= 0.6 is 11.3 Å². The highest BCUT2D eigenvalue weighted by molar-refractivity contribution is 7.22. The van der Waals surface area contributed by atoms with E-state index in [1.165, 1.54) is 22.5 Å². The minimum Gasteiger partial charge on any atom is -0.467 e. The third-order valence-corrected chi connectivity index (χ3v) is 6.48. The molecule has 164 valence electrons. The molecular weight excluding hydrogens is 432 g/mol. The summed E-state index contributed by atoms with van der Waals surface area (Å²) in [4.78, 5) is 20.0. The molecule has 5 nitrogen and oxygen atoms in total. The maximum absolute atomic E-state index is 13.6. The summed E-state index contributed by atoms with van der Waals surface area (Å²) in [6.07, 6.45) is 1.61. The van der Waals surface area contributed by atoms with Gasteiger partial charge in [0.2, 0.25) is 0 Å². The molecule has 0 bridgehead atoms. The van der Waals surface area contributed by atoms with Gasteiger partial charge in [0.1, 0.15) is 17.3 Å². The molecule has 0 atom stereocenters. The van der Waals surface area contributed by atoms with Crippen LogP contribution in [0.1, 0.15) is 27.2 Å². The van der Waals surface area contributed by atoms with Crippen molar-refractivity contribution in [3.8, 4) is 11.5 Å². The molecule has 5 rings (SSSR count). The van der Waals surface area contributed by atoms with E-state index >= 15 is 0 Å². The van der Waals surface area contributed by atoms with E-state index in [9.17, 15) is 4.79 Å². The van der Waals surface area contributed by atoms with Crippen LogP contribution in [0.5, 0.6) is 11.5 Å². The Kier molecular flexibility index (Phi) is 5.67. The van der Waals surface area contributed by atoms with Gasteiger partial charge in [0, 0.05) is 5.56 Å². The van der Waals surface area contributed by atoms with E-state index in [1.54, 1.807) is 35.4 Å². The van der Waals surface area contributed by atoms with Gasteiger partial charge in [-0.05, 0) is 85.6 Å². The number of carbonyl (C=O) groups excluding carboxylic acids is 1. The van der Waals surface area contributed by atoms with Crippen LogP contribution in [-0.4, -0.2) is 10.9 Å². The van der Waals surface area contributed by atoms with Crippen molar-refractivity contribution in [1.82, 2.24) is 4.98 Å².